The molecule has 1 aliphatic rings. The number of aromatic nitrogens is 1. The Kier molecular flexibility index (Phi) is 4.19. The van der Waals surface area contributed by atoms with Gasteiger partial charge in [0.25, 0.3) is 0 Å². The van der Waals surface area contributed by atoms with Gasteiger partial charge in [-0.15, -0.1) is 0 Å². The van der Waals surface area contributed by atoms with Crippen LogP contribution in [0.2, 0.25) is 0 Å². The zero-order valence-electron chi connectivity index (χ0n) is 10.2. The number of aliphatic hydroxyl groups is 1. The molecule has 0 bridgehead atoms. The van der Waals surface area contributed by atoms with E-state index < -0.39 is 6.10 Å². The summed E-state index contributed by atoms with van der Waals surface area (Å²) in [7, 11) is 0. The zero-order valence-corrected chi connectivity index (χ0v) is 11.8. The molecular weight excluding hydrogens is 298 g/mol. The SMILES string of the molecule is Cc1nccc(NC(=O)N2CCC[C@@H](O)C2)c1Br. The number of piperidine rings is 1. The van der Waals surface area contributed by atoms with Gasteiger partial charge in [-0.1, -0.05) is 0 Å². The molecule has 0 unspecified atom stereocenters. The molecule has 18 heavy (non-hydrogen) atoms. The standard InChI is InChI=1S/C12H16BrN3O2/c1-8-11(13)10(4-5-14-8)15-12(18)16-6-2-3-9(17)7-16/h4-5,9,17H,2-3,6-7H2,1H3,(H,14,15,18)/t9-/m1/s1. The number of pyridine rings is 1. The molecule has 2 heterocycles. The number of hydrogen-bond acceptors (Lipinski definition) is 3. The molecule has 1 aromatic heterocycles. The second-order valence-electron chi connectivity index (χ2n) is 4.43. The van der Waals surface area contributed by atoms with E-state index in [4.69, 9.17) is 0 Å². The summed E-state index contributed by atoms with van der Waals surface area (Å²) in [4.78, 5) is 17.8. The molecule has 2 rings (SSSR count). The van der Waals surface area contributed by atoms with Crippen molar-refractivity contribution < 1.29 is 9.90 Å². The fourth-order valence-corrected chi connectivity index (χ4v) is 2.31. The van der Waals surface area contributed by atoms with Crippen LogP contribution in [0, 0.1) is 6.92 Å². The first kappa shape index (κ1) is 13.3. The Morgan fingerprint density at radius 1 is 1.67 bits per heavy atom. The zero-order chi connectivity index (χ0) is 13.1. The number of carbonyl (C=O) groups is 1. The maximum absolute atomic E-state index is 12.0. The number of carbonyl (C=O) groups excluding carboxylic acids is 1. The van der Waals surface area contributed by atoms with E-state index in [0.717, 1.165) is 23.0 Å². The predicted octanol–water partition coefficient (Wildman–Crippen LogP) is 2.14. The lowest BCUT2D eigenvalue weighted by Crippen LogP contribution is -2.44. The van der Waals surface area contributed by atoms with Gasteiger partial charge in [-0.25, -0.2) is 4.79 Å². The Morgan fingerprint density at radius 2 is 2.44 bits per heavy atom. The van der Waals surface area contributed by atoms with Crippen LogP contribution in [-0.4, -0.2) is 40.2 Å². The van der Waals surface area contributed by atoms with Crippen LogP contribution >= 0.6 is 15.9 Å². The number of rotatable bonds is 1. The molecule has 0 aromatic carbocycles. The third kappa shape index (κ3) is 3.00. The predicted molar refractivity (Wildman–Crippen MR) is 72.5 cm³/mol. The van der Waals surface area contributed by atoms with Crippen molar-refractivity contribution in [3.05, 3.63) is 22.4 Å². The van der Waals surface area contributed by atoms with Crippen molar-refractivity contribution in [1.82, 2.24) is 9.88 Å². The molecule has 0 saturated carbocycles. The lowest BCUT2D eigenvalue weighted by Gasteiger charge is -2.30. The first-order valence-electron chi connectivity index (χ1n) is 5.93. The Bertz CT molecular complexity index is 453. The molecule has 1 aliphatic heterocycles. The van der Waals surface area contributed by atoms with Crippen LogP contribution in [0.5, 0.6) is 0 Å². The van der Waals surface area contributed by atoms with E-state index in [9.17, 15) is 9.90 Å². The van der Waals surface area contributed by atoms with Gasteiger partial charge in [-0.05, 0) is 41.8 Å². The van der Waals surface area contributed by atoms with Gasteiger partial charge in [0.1, 0.15) is 0 Å². The van der Waals surface area contributed by atoms with Crippen LogP contribution < -0.4 is 5.32 Å². The molecule has 0 spiro atoms. The fourth-order valence-electron chi connectivity index (χ4n) is 1.98. The topological polar surface area (TPSA) is 65.5 Å². The summed E-state index contributed by atoms with van der Waals surface area (Å²) in [6.45, 7) is 2.95. The van der Waals surface area contributed by atoms with Crippen LogP contribution in [-0.2, 0) is 0 Å². The van der Waals surface area contributed by atoms with E-state index in [-0.39, 0.29) is 6.03 Å². The second-order valence-corrected chi connectivity index (χ2v) is 5.22. The first-order chi connectivity index (χ1) is 8.58. The van der Waals surface area contributed by atoms with Crippen molar-refractivity contribution in [2.45, 2.75) is 25.9 Å². The quantitative estimate of drug-likeness (QED) is 0.835. The summed E-state index contributed by atoms with van der Waals surface area (Å²) in [5, 5.41) is 12.4. The van der Waals surface area contributed by atoms with Gasteiger partial charge in [-0.2, -0.15) is 0 Å². The van der Waals surface area contributed by atoms with Gasteiger partial charge < -0.3 is 15.3 Å². The minimum absolute atomic E-state index is 0.181. The molecule has 1 atom stereocenters. The van der Waals surface area contributed by atoms with Gasteiger partial charge in [0, 0.05) is 19.3 Å². The van der Waals surface area contributed by atoms with Crippen molar-refractivity contribution in [2.24, 2.45) is 0 Å². The highest BCUT2D eigenvalue weighted by Crippen LogP contribution is 2.24. The number of anilines is 1. The van der Waals surface area contributed by atoms with E-state index in [2.05, 4.69) is 26.2 Å². The molecule has 1 aromatic rings. The number of amides is 2. The fraction of sp³-hybridized carbons (Fsp3) is 0.500. The van der Waals surface area contributed by atoms with Crippen molar-refractivity contribution in [3.8, 4) is 0 Å². The first-order valence-corrected chi connectivity index (χ1v) is 6.72. The largest absolute Gasteiger partial charge is 0.391 e. The number of aryl methyl sites for hydroxylation is 1. The van der Waals surface area contributed by atoms with Gasteiger partial charge in [-0.3, -0.25) is 4.98 Å². The summed E-state index contributed by atoms with van der Waals surface area (Å²) < 4.78 is 0.788. The Balaban J connectivity index is 2.04. The van der Waals surface area contributed by atoms with Crippen molar-refractivity contribution in [1.29, 1.82) is 0 Å². The van der Waals surface area contributed by atoms with Crippen molar-refractivity contribution in [2.75, 3.05) is 18.4 Å². The third-order valence-corrected chi connectivity index (χ3v) is 3.99. The molecule has 2 N–H and O–H groups in total. The van der Waals surface area contributed by atoms with Crippen LogP contribution in [0.15, 0.2) is 16.7 Å². The van der Waals surface area contributed by atoms with Gasteiger partial charge in [0.15, 0.2) is 0 Å². The highest BCUT2D eigenvalue weighted by molar-refractivity contribution is 9.10. The normalized spacial score (nSPS) is 19.7. The molecular formula is C12H16BrN3O2. The summed E-state index contributed by atoms with van der Waals surface area (Å²) in [6.07, 6.45) is 2.85. The average molecular weight is 314 g/mol. The van der Waals surface area contributed by atoms with Crippen LogP contribution in [0.3, 0.4) is 0 Å². The molecule has 1 fully saturated rings. The van der Waals surface area contributed by atoms with E-state index in [1.54, 1.807) is 17.2 Å². The second kappa shape index (κ2) is 5.67. The Morgan fingerprint density at radius 3 is 3.17 bits per heavy atom. The van der Waals surface area contributed by atoms with E-state index in [1.165, 1.54) is 0 Å². The summed E-state index contributed by atoms with van der Waals surface area (Å²) in [5.74, 6) is 0. The van der Waals surface area contributed by atoms with Crippen LogP contribution in [0.25, 0.3) is 0 Å². The summed E-state index contributed by atoms with van der Waals surface area (Å²) in [6, 6.07) is 1.56. The maximum Gasteiger partial charge on any atom is 0.321 e. The minimum atomic E-state index is -0.410. The molecule has 0 radical (unpaired) electrons. The number of nitrogens with one attached hydrogen (secondary N) is 1. The number of halogens is 1. The van der Waals surface area contributed by atoms with Crippen molar-refractivity contribution in [3.63, 3.8) is 0 Å². The van der Waals surface area contributed by atoms with Crippen LogP contribution in [0.1, 0.15) is 18.5 Å². The number of β-amino-alcohol motifs (C(OH)–C–C–N with tert-alkyl or cyclic N) is 1. The summed E-state index contributed by atoms with van der Waals surface area (Å²) >= 11 is 3.40. The lowest BCUT2D eigenvalue weighted by molar-refractivity contribution is 0.0883. The molecule has 2 amide bonds. The van der Waals surface area contributed by atoms with E-state index in [1.807, 2.05) is 6.92 Å². The molecule has 1 saturated heterocycles. The van der Waals surface area contributed by atoms with Crippen molar-refractivity contribution >= 4 is 27.6 Å². The molecule has 98 valence electrons. The Hall–Kier alpha value is -1.14. The van der Waals surface area contributed by atoms with E-state index >= 15 is 0 Å². The van der Waals surface area contributed by atoms with E-state index in [0.29, 0.717) is 18.8 Å². The maximum atomic E-state index is 12.0. The number of urea groups is 1. The van der Waals surface area contributed by atoms with Crippen LogP contribution in [0.4, 0.5) is 10.5 Å². The Labute approximate surface area is 114 Å². The van der Waals surface area contributed by atoms with Gasteiger partial charge in [0.2, 0.25) is 0 Å². The third-order valence-electron chi connectivity index (χ3n) is 2.99. The lowest BCUT2D eigenvalue weighted by atomic mass is 10.1. The number of aliphatic hydroxyl groups excluding tert-OH is 1. The monoisotopic (exact) mass is 313 g/mol. The number of hydrogen-bond donors (Lipinski definition) is 2. The smallest absolute Gasteiger partial charge is 0.321 e. The molecule has 5 nitrogen and oxygen atoms in total. The molecule has 0 aliphatic carbocycles. The minimum Gasteiger partial charge on any atom is -0.391 e. The summed E-state index contributed by atoms with van der Waals surface area (Å²) in [5.41, 5.74) is 1.53. The molecule has 6 heteroatoms. The average Bonchev–Trinajstić information content (AvgIpc) is 2.35. The number of likely N-dealkylation sites (tertiary alicyclic amines) is 1. The highest BCUT2D eigenvalue weighted by atomic mass is 79.9. The van der Waals surface area contributed by atoms with Gasteiger partial charge >= 0.3 is 6.03 Å². The highest BCUT2D eigenvalue weighted by Gasteiger charge is 2.22. The number of nitrogens with zero attached hydrogens (tertiary/aromatic N) is 2. The van der Waals surface area contributed by atoms with Gasteiger partial charge in [0.05, 0.1) is 22.0 Å².